The fourth-order valence-corrected chi connectivity index (χ4v) is 5.51. The first kappa shape index (κ1) is 26.2. The maximum Gasteiger partial charge on any atom is 0.435 e. The van der Waals surface area contributed by atoms with Gasteiger partial charge in [0.25, 0.3) is 15.6 Å². The van der Waals surface area contributed by atoms with Gasteiger partial charge in [0.2, 0.25) is 11.1 Å². The highest BCUT2D eigenvalue weighted by Gasteiger charge is 2.37. The summed E-state index contributed by atoms with van der Waals surface area (Å²) in [4.78, 5) is 25.3. The number of sulfonamides is 1. The summed E-state index contributed by atoms with van der Waals surface area (Å²) in [5.41, 5.74) is -1.66. The second-order valence-electron chi connectivity index (χ2n) is 8.30. The average molecular weight is 574 g/mol. The van der Waals surface area contributed by atoms with E-state index in [1.54, 1.807) is 37.3 Å². The molecule has 39 heavy (non-hydrogen) atoms. The highest BCUT2D eigenvalue weighted by atomic mass is 32.2. The minimum absolute atomic E-state index is 0.0272. The van der Waals surface area contributed by atoms with Gasteiger partial charge in [-0.05, 0) is 56.3 Å². The fraction of sp³-hybridized carbons (Fsp3) is 0.125. The number of para-hydroxylation sites is 1. The van der Waals surface area contributed by atoms with Gasteiger partial charge in [0.05, 0.1) is 15.1 Å². The number of nitrogens with zero attached hydrogens (tertiary/aromatic N) is 5. The third kappa shape index (κ3) is 5.31. The van der Waals surface area contributed by atoms with Crippen molar-refractivity contribution < 1.29 is 21.6 Å². The number of halogens is 3. The minimum atomic E-state index is -4.85. The van der Waals surface area contributed by atoms with E-state index >= 15 is 0 Å². The number of alkyl halides is 3. The lowest BCUT2D eigenvalue weighted by molar-refractivity contribution is -0.142. The van der Waals surface area contributed by atoms with Gasteiger partial charge in [-0.1, -0.05) is 23.5 Å². The van der Waals surface area contributed by atoms with Crippen molar-refractivity contribution in [2.45, 2.75) is 24.9 Å². The quantitative estimate of drug-likeness (QED) is 0.296. The van der Waals surface area contributed by atoms with Crippen molar-refractivity contribution in [2.24, 2.45) is 0 Å². The highest BCUT2D eigenvalue weighted by Crippen LogP contribution is 2.33. The Labute approximate surface area is 223 Å². The summed E-state index contributed by atoms with van der Waals surface area (Å²) >= 11 is 1.02. The molecular weight excluding hydrogens is 555 g/mol. The summed E-state index contributed by atoms with van der Waals surface area (Å²) in [6.45, 7) is 2.81. The number of hydrogen-bond donors (Lipinski definition) is 2. The van der Waals surface area contributed by atoms with Gasteiger partial charge >= 0.3 is 6.18 Å². The molecule has 0 bridgehead atoms. The van der Waals surface area contributed by atoms with E-state index < -0.39 is 33.0 Å². The molecule has 0 aliphatic heterocycles. The minimum Gasteiger partial charge on any atom is -0.351 e. The molecule has 3 aromatic heterocycles. The maximum atomic E-state index is 13.9. The number of nitrogens with one attached hydrogen (secondary N) is 2. The van der Waals surface area contributed by atoms with Crippen LogP contribution >= 0.6 is 11.3 Å². The van der Waals surface area contributed by atoms with E-state index in [9.17, 15) is 26.4 Å². The van der Waals surface area contributed by atoms with Gasteiger partial charge in [0.15, 0.2) is 5.69 Å². The smallest absolute Gasteiger partial charge is 0.351 e. The van der Waals surface area contributed by atoms with Gasteiger partial charge in [0.1, 0.15) is 5.69 Å². The van der Waals surface area contributed by atoms with E-state index in [0.29, 0.717) is 20.6 Å². The second kappa shape index (κ2) is 9.74. The maximum absolute atomic E-state index is 13.9. The van der Waals surface area contributed by atoms with Crippen LogP contribution in [0, 0.1) is 13.8 Å². The molecule has 0 radical (unpaired) electrons. The monoisotopic (exact) mass is 573 g/mol. The van der Waals surface area contributed by atoms with Crippen molar-refractivity contribution >= 4 is 48.9 Å². The lowest BCUT2D eigenvalue weighted by Crippen LogP contribution is -2.29. The zero-order chi connectivity index (χ0) is 27.9. The van der Waals surface area contributed by atoms with Gasteiger partial charge in [-0.2, -0.15) is 23.0 Å². The first-order chi connectivity index (χ1) is 18.4. The van der Waals surface area contributed by atoms with Crippen LogP contribution in [0.5, 0.6) is 0 Å². The van der Waals surface area contributed by atoms with E-state index in [1.165, 1.54) is 30.5 Å². The van der Waals surface area contributed by atoms with Crippen LogP contribution in [0.1, 0.15) is 17.0 Å². The third-order valence-electron chi connectivity index (χ3n) is 5.52. The van der Waals surface area contributed by atoms with Crippen molar-refractivity contribution in [3.8, 4) is 5.13 Å². The van der Waals surface area contributed by atoms with Gasteiger partial charge in [-0.25, -0.2) is 28.1 Å². The largest absolute Gasteiger partial charge is 0.435 e. The number of benzene rings is 2. The first-order valence-corrected chi connectivity index (χ1v) is 13.5. The Balaban J connectivity index is 1.51. The average Bonchev–Trinajstić information content (AvgIpc) is 3.30. The molecule has 0 aliphatic carbocycles. The zero-order valence-electron chi connectivity index (χ0n) is 20.2. The summed E-state index contributed by atoms with van der Waals surface area (Å²) in [5, 5.41) is 6.26. The van der Waals surface area contributed by atoms with Crippen LogP contribution in [0.25, 0.3) is 15.3 Å². The van der Waals surface area contributed by atoms with Crippen LogP contribution in [-0.4, -0.2) is 33.2 Å². The Morgan fingerprint density at radius 2 is 1.69 bits per heavy atom. The van der Waals surface area contributed by atoms with E-state index in [4.69, 9.17) is 0 Å². The lowest BCUT2D eigenvalue weighted by atomic mass is 10.2. The van der Waals surface area contributed by atoms with E-state index in [-0.39, 0.29) is 27.4 Å². The van der Waals surface area contributed by atoms with Gasteiger partial charge in [-0.15, -0.1) is 0 Å². The molecular formula is C24H18F3N7O3S2. The van der Waals surface area contributed by atoms with Crippen molar-refractivity contribution in [3.05, 3.63) is 88.1 Å². The molecule has 5 aromatic rings. The number of hydrogen-bond acceptors (Lipinski definition) is 9. The molecule has 200 valence electrons. The van der Waals surface area contributed by atoms with Crippen molar-refractivity contribution in [2.75, 3.05) is 10.0 Å². The molecule has 0 amide bonds. The molecule has 15 heteroatoms. The SMILES string of the molecule is Cc1ccnc(NS(=O)(=O)c2ccc(Nc3c(C)c(C(F)(F)F)nn(-c4nc5ccccc5s4)c3=O)cc2)n1. The Kier molecular flexibility index (Phi) is 6.56. The number of anilines is 3. The lowest BCUT2D eigenvalue weighted by Gasteiger charge is -2.16. The summed E-state index contributed by atoms with van der Waals surface area (Å²) in [5.74, 6) is -0.111. The standard InChI is InChI=1S/C24H18F3N7O3S2/c1-13-11-12-28-22(29-13)33-39(36,37)16-9-7-15(8-10-16)30-19-14(2)20(24(25,26)27)32-34(21(19)35)23-31-17-5-3-4-6-18(17)38-23/h3-12,30H,1-2H3,(H,28,29,33). The Morgan fingerprint density at radius 1 is 0.974 bits per heavy atom. The summed E-state index contributed by atoms with van der Waals surface area (Å²) in [7, 11) is -4.05. The fourth-order valence-electron chi connectivity index (χ4n) is 3.64. The molecule has 2 aromatic carbocycles. The van der Waals surface area contributed by atoms with Crippen LogP contribution in [-0.2, 0) is 16.2 Å². The number of thiazole rings is 1. The Bertz CT molecular complexity index is 1840. The number of rotatable bonds is 6. The van der Waals surface area contributed by atoms with Crippen molar-refractivity contribution in [1.82, 2.24) is 24.7 Å². The van der Waals surface area contributed by atoms with Gasteiger partial charge < -0.3 is 5.32 Å². The normalized spacial score (nSPS) is 12.0. The predicted octanol–water partition coefficient (Wildman–Crippen LogP) is 4.81. The van der Waals surface area contributed by atoms with Crippen LogP contribution in [0.4, 0.5) is 30.5 Å². The number of aromatic nitrogens is 5. The summed E-state index contributed by atoms with van der Waals surface area (Å²) in [6.07, 6.45) is -3.45. The molecule has 0 fully saturated rings. The molecule has 0 atom stereocenters. The van der Waals surface area contributed by atoms with Crippen molar-refractivity contribution in [3.63, 3.8) is 0 Å². The molecule has 0 saturated carbocycles. The van der Waals surface area contributed by atoms with Gasteiger partial charge in [0, 0.05) is 23.1 Å². The van der Waals surface area contributed by atoms with Crippen LogP contribution in [0.15, 0.2) is 70.5 Å². The molecule has 0 saturated heterocycles. The van der Waals surface area contributed by atoms with Crippen molar-refractivity contribution in [1.29, 1.82) is 0 Å². The van der Waals surface area contributed by atoms with E-state index in [2.05, 4.69) is 30.1 Å². The van der Waals surface area contributed by atoms with Gasteiger partial charge in [-0.3, -0.25) is 4.79 Å². The van der Waals surface area contributed by atoms with Crippen LogP contribution < -0.4 is 15.6 Å². The number of fused-ring (bicyclic) bond motifs is 1. The molecule has 0 unspecified atom stereocenters. The number of aryl methyl sites for hydroxylation is 1. The van der Waals surface area contributed by atoms with E-state index in [1.807, 2.05) is 0 Å². The predicted molar refractivity (Wildman–Crippen MR) is 140 cm³/mol. The molecule has 0 aliphatic rings. The summed E-state index contributed by atoms with van der Waals surface area (Å²) in [6, 6.07) is 13.6. The Hall–Kier alpha value is -4.37. The topological polar surface area (TPSA) is 132 Å². The second-order valence-corrected chi connectivity index (χ2v) is 11.0. The highest BCUT2D eigenvalue weighted by molar-refractivity contribution is 7.92. The Morgan fingerprint density at radius 3 is 2.36 bits per heavy atom. The third-order valence-corrected chi connectivity index (χ3v) is 7.88. The van der Waals surface area contributed by atoms with E-state index in [0.717, 1.165) is 18.3 Å². The zero-order valence-corrected chi connectivity index (χ0v) is 21.8. The molecule has 3 heterocycles. The molecule has 10 nitrogen and oxygen atoms in total. The molecule has 0 spiro atoms. The first-order valence-electron chi connectivity index (χ1n) is 11.2. The van der Waals surface area contributed by atoms with Crippen LogP contribution in [0.3, 0.4) is 0 Å². The molecule has 2 N–H and O–H groups in total. The van der Waals surface area contributed by atoms with Crippen LogP contribution in [0.2, 0.25) is 0 Å². The summed E-state index contributed by atoms with van der Waals surface area (Å²) < 4.78 is 70.6. The molecule has 5 rings (SSSR count).